The molecule has 0 unspecified atom stereocenters. The highest BCUT2D eigenvalue weighted by Crippen LogP contribution is 2.21. The summed E-state index contributed by atoms with van der Waals surface area (Å²) in [6, 6.07) is 14.7. The molecule has 4 rings (SSSR count). The molecule has 0 spiro atoms. The standard InChI is InChI=1S/C17H12N4O/c22-14-5-3-4-13(8-14)21-11-12(9-19-21)17-10-18-15-6-1-2-7-16(15)20-17/h1-11,22H. The predicted molar refractivity (Wildman–Crippen MR) is 83.8 cm³/mol. The van der Waals surface area contributed by atoms with Crippen LogP contribution in [-0.2, 0) is 0 Å². The Balaban J connectivity index is 1.76. The summed E-state index contributed by atoms with van der Waals surface area (Å²) in [5, 5.41) is 13.9. The zero-order chi connectivity index (χ0) is 14.9. The molecule has 2 heterocycles. The molecule has 0 aliphatic carbocycles. The molecule has 4 aromatic rings. The van der Waals surface area contributed by atoms with Crippen LogP contribution in [0.5, 0.6) is 5.75 Å². The quantitative estimate of drug-likeness (QED) is 0.615. The SMILES string of the molecule is Oc1cccc(-n2cc(-c3cnc4ccccc4n3)cn2)c1. The third-order valence-electron chi connectivity index (χ3n) is 3.42. The van der Waals surface area contributed by atoms with Crippen molar-refractivity contribution in [1.29, 1.82) is 0 Å². The predicted octanol–water partition coefficient (Wildman–Crippen LogP) is 3.19. The Morgan fingerprint density at radius 3 is 2.64 bits per heavy atom. The first-order valence-electron chi connectivity index (χ1n) is 6.86. The Morgan fingerprint density at radius 1 is 0.909 bits per heavy atom. The molecule has 106 valence electrons. The van der Waals surface area contributed by atoms with E-state index < -0.39 is 0 Å². The molecule has 0 saturated carbocycles. The van der Waals surface area contributed by atoms with Crippen LogP contribution >= 0.6 is 0 Å². The van der Waals surface area contributed by atoms with Crippen molar-refractivity contribution >= 4 is 11.0 Å². The molecule has 0 aliphatic heterocycles. The molecule has 0 saturated heterocycles. The van der Waals surface area contributed by atoms with Gasteiger partial charge in [-0.3, -0.25) is 4.98 Å². The zero-order valence-corrected chi connectivity index (χ0v) is 11.6. The van der Waals surface area contributed by atoms with Crippen molar-refractivity contribution in [2.45, 2.75) is 0 Å². The van der Waals surface area contributed by atoms with Gasteiger partial charge in [0.15, 0.2) is 0 Å². The average molecular weight is 288 g/mol. The Hall–Kier alpha value is -3.21. The Morgan fingerprint density at radius 2 is 1.77 bits per heavy atom. The lowest BCUT2D eigenvalue weighted by atomic mass is 10.2. The van der Waals surface area contributed by atoms with E-state index in [1.54, 1.807) is 35.3 Å². The minimum absolute atomic E-state index is 0.208. The fourth-order valence-corrected chi connectivity index (χ4v) is 2.33. The Bertz CT molecular complexity index is 961. The minimum Gasteiger partial charge on any atom is -0.508 e. The van der Waals surface area contributed by atoms with E-state index in [2.05, 4.69) is 15.1 Å². The monoisotopic (exact) mass is 288 g/mol. The number of rotatable bonds is 2. The number of para-hydroxylation sites is 2. The molecule has 1 N–H and O–H groups in total. The van der Waals surface area contributed by atoms with Crippen molar-refractivity contribution in [2.75, 3.05) is 0 Å². The lowest BCUT2D eigenvalue weighted by Gasteiger charge is -2.01. The number of hydrogen-bond donors (Lipinski definition) is 1. The first-order valence-corrected chi connectivity index (χ1v) is 6.86. The van der Waals surface area contributed by atoms with Crippen molar-refractivity contribution in [2.24, 2.45) is 0 Å². The Labute approximate surface area is 126 Å². The largest absolute Gasteiger partial charge is 0.508 e. The second kappa shape index (κ2) is 4.96. The van der Waals surface area contributed by atoms with Gasteiger partial charge in [0.1, 0.15) is 5.75 Å². The van der Waals surface area contributed by atoms with E-state index in [0.29, 0.717) is 0 Å². The number of benzene rings is 2. The summed E-state index contributed by atoms with van der Waals surface area (Å²) in [5.74, 6) is 0.208. The van der Waals surface area contributed by atoms with Gasteiger partial charge >= 0.3 is 0 Å². The van der Waals surface area contributed by atoms with Crippen molar-refractivity contribution in [1.82, 2.24) is 19.7 Å². The van der Waals surface area contributed by atoms with Crippen LogP contribution in [0.15, 0.2) is 67.1 Å². The molecule has 5 heteroatoms. The summed E-state index contributed by atoms with van der Waals surface area (Å²) in [5.41, 5.74) is 4.16. The number of phenolic OH excluding ortho intramolecular Hbond substituents is 1. The van der Waals surface area contributed by atoms with Crippen LogP contribution in [0.1, 0.15) is 0 Å². The topological polar surface area (TPSA) is 63.8 Å². The number of hydrogen-bond acceptors (Lipinski definition) is 4. The molecule has 0 aliphatic rings. The summed E-state index contributed by atoms with van der Waals surface area (Å²) < 4.78 is 1.70. The van der Waals surface area contributed by atoms with Crippen LogP contribution < -0.4 is 0 Å². The molecule has 22 heavy (non-hydrogen) atoms. The summed E-state index contributed by atoms with van der Waals surface area (Å²) in [7, 11) is 0. The normalized spacial score (nSPS) is 10.9. The van der Waals surface area contributed by atoms with E-state index in [9.17, 15) is 5.11 Å². The van der Waals surface area contributed by atoms with E-state index in [-0.39, 0.29) is 5.75 Å². The summed E-state index contributed by atoms with van der Waals surface area (Å²) in [6.45, 7) is 0. The maximum Gasteiger partial charge on any atom is 0.117 e. The van der Waals surface area contributed by atoms with Gasteiger partial charge in [-0.15, -0.1) is 0 Å². The van der Waals surface area contributed by atoms with E-state index in [0.717, 1.165) is 28.0 Å². The van der Waals surface area contributed by atoms with Crippen LogP contribution in [-0.4, -0.2) is 24.9 Å². The van der Waals surface area contributed by atoms with Gasteiger partial charge in [0, 0.05) is 17.8 Å². The van der Waals surface area contributed by atoms with Crippen LogP contribution in [0.4, 0.5) is 0 Å². The maximum atomic E-state index is 9.55. The lowest BCUT2D eigenvalue weighted by Crippen LogP contribution is -1.93. The molecule has 0 radical (unpaired) electrons. The molecule has 0 bridgehead atoms. The highest BCUT2D eigenvalue weighted by Gasteiger charge is 2.07. The highest BCUT2D eigenvalue weighted by atomic mass is 16.3. The molecule has 0 atom stereocenters. The van der Waals surface area contributed by atoms with Gasteiger partial charge in [0.25, 0.3) is 0 Å². The van der Waals surface area contributed by atoms with Gasteiger partial charge in [-0.25, -0.2) is 9.67 Å². The van der Waals surface area contributed by atoms with Crippen LogP contribution in [0.25, 0.3) is 28.0 Å². The van der Waals surface area contributed by atoms with Gasteiger partial charge in [0.05, 0.1) is 34.8 Å². The van der Waals surface area contributed by atoms with Gasteiger partial charge in [0.2, 0.25) is 0 Å². The first-order chi connectivity index (χ1) is 10.8. The van der Waals surface area contributed by atoms with Crippen molar-refractivity contribution in [3.63, 3.8) is 0 Å². The van der Waals surface area contributed by atoms with Crippen molar-refractivity contribution in [3.8, 4) is 22.7 Å². The maximum absolute atomic E-state index is 9.55. The summed E-state index contributed by atoms with van der Waals surface area (Å²) in [4.78, 5) is 9.02. The second-order valence-electron chi connectivity index (χ2n) is 4.94. The molecule has 5 nitrogen and oxygen atoms in total. The lowest BCUT2D eigenvalue weighted by molar-refractivity contribution is 0.475. The molecular weight excluding hydrogens is 276 g/mol. The molecule has 2 aromatic carbocycles. The third-order valence-corrected chi connectivity index (χ3v) is 3.42. The fraction of sp³-hybridized carbons (Fsp3) is 0. The van der Waals surface area contributed by atoms with E-state index >= 15 is 0 Å². The smallest absolute Gasteiger partial charge is 0.117 e. The van der Waals surface area contributed by atoms with Gasteiger partial charge in [-0.1, -0.05) is 18.2 Å². The van der Waals surface area contributed by atoms with E-state index in [1.807, 2.05) is 36.5 Å². The summed E-state index contributed by atoms with van der Waals surface area (Å²) >= 11 is 0. The zero-order valence-electron chi connectivity index (χ0n) is 11.6. The number of aromatic hydroxyl groups is 1. The fourth-order valence-electron chi connectivity index (χ4n) is 2.33. The van der Waals surface area contributed by atoms with E-state index in [4.69, 9.17) is 0 Å². The number of nitrogens with zero attached hydrogens (tertiary/aromatic N) is 4. The van der Waals surface area contributed by atoms with Crippen LogP contribution in [0.2, 0.25) is 0 Å². The van der Waals surface area contributed by atoms with Crippen LogP contribution in [0.3, 0.4) is 0 Å². The number of fused-ring (bicyclic) bond motifs is 1. The average Bonchev–Trinajstić information content (AvgIpc) is 3.04. The Kier molecular flexibility index (Phi) is 2.83. The van der Waals surface area contributed by atoms with Gasteiger partial charge in [-0.2, -0.15) is 5.10 Å². The molecule has 0 amide bonds. The van der Waals surface area contributed by atoms with Gasteiger partial charge < -0.3 is 5.11 Å². The molecule has 0 fully saturated rings. The van der Waals surface area contributed by atoms with E-state index in [1.165, 1.54) is 0 Å². The minimum atomic E-state index is 0.208. The molecule has 2 aromatic heterocycles. The number of phenols is 1. The van der Waals surface area contributed by atoms with Crippen molar-refractivity contribution < 1.29 is 5.11 Å². The van der Waals surface area contributed by atoms with Gasteiger partial charge in [-0.05, 0) is 24.3 Å². The molecular formula is C17H12N4O. The van der Waals surface area contributed by atoms with Crippen LogP contribution in [0, 0.1) is 0 Å². The third kappa shape index (κ3) is 2.18. The van der Waals surface area contributed by atoms with Crippen molar-refractivity contribution in [3.05, 3.63) is 67.1 Å². The highest BCUT2D eigenvalue weighted by molar-refractivity contribution is 5.76. The second-order valence-corrected chi connectivity index (χ2v) is 4.94. The summed E-state index contributed by atoms with van der Waals surface area (Å²) in [6.07, 6.45) is 5.35. The number of aromatic nitrogens is 4. The first kappa shape index (κ1) is 12.5.